The molecule has 1 atom stereocenters. The fraction of sp³-hybridized carbons (Fsp3) is 0.600. The minimum atomic E-state index is -0.310. The van der Waals surface area contributed by atoms with Crippen LogP contribution in [0, 0.1) is 5.82 Å². The number of aliphatic hydroxyl groups is 1. The third kappa shape index (κ3) is 5.57. The number of rotatable bonds is 9. The van der Waals surface area contributed by atoms with E-state index in [4.69, 9.17) is 9.84 Å². The standard InChI is InChI=1S/C15H24FNO2/c1-12(17-2)13-7-8-15(14(16)11-13)19-10-6-4-3-5-9-18/h7-8,11-12,17-18H,3-6,9-10H2,1-2H3. The molecule has 19 heavy (non-hydrogen) atoms. The van der Waals surface area contributed by atoms with Crippen molar-refractivity contribution in [1.29, 1.82) is 0 Å². The summed E-state index contributed by atoms with van der Waals surface area (Å²) < 4.78 is 19.2. The first-order valence-corrected chi connectivity index (χ1v) is 6.89. The van der Waals surface area contributed by atoms with E-state index in [1.54, 1.807) is 6.07 Å². The molecule has 0 aromatic heterocycles. The van der Waals surface area contributed by atoms with Gasteiger partial charge in [0.15, 0.2) is 11.6 Å². The Bertz CT molecular complexity index is 371. The molecule has 0 fully saturated rings. The molecule has 0 aliphatic carbocycles. The van der Waals surface area contributed by atoms with Crippen LogP contribution < -0.4 is 10.1 Å². The fourth-order valence-electron chi connectivity index (χ4n) is 1.82. The van der Waals surface area contributed by atoms with E-state index in [0.717, 1.165) is 31.2 Å². The Labute approximate surface area is 114 Å². The SMILES string of the molecule is CNC(C)c1ccc(OCCCCCCO)c(F)c1. The number of nitrogens with one attached hydrogen (secondary N) is 1. The van der Waals surface area contributed by atoms with Crippen molar-refractivity contribution in [3.8, 4) is 5.75 Å². The molecule has 0 aliphatic rings. The van der Waals surface area contributed by atoms with Gasteiger partial charge in [0, 0.05) is 12.6 Å². The van der Waals surface area contributed by atoms with Crippen LogP contribution in [0.15, 0.2) is 18.2 Å². The molecule has 0 aliphatic heterocycles. The Morgan fingerprint density at radius 3 is 2.63 bits per heavy atom. The first-order chi connectivity index (χ1) is 9.19. The zero-order chi connectivity index (χ0) is 14.1. The van der Waals surface area contributed by atoms with E-state index in [0.29, 0.717) is 12.4 Å². The van der Waals surface area contributed by atoms with Gasteiger partial charge in [-0.15, -0.1) is 0 Å². The maximum absolute atomic E-state index is 13.8. The number of hydrogen-bond donors (Lipinski definition) is 2. The quantitative estimate of drug-likeness (QED) is 0.677. The van der Waals surface area contributed by atoms with E-state index in [9.17, 15) is 4.39 Å². The van der Waals surface area contributed by atoms with E-state index < -0.39 is 0 Å². The number of benzene rings is 1. The summed E-state index contributed by atoms with van der Waals surface area (Å²) in [5.74, 6) is 0.00386. The van der Waals surface area contributed by atoms with Gasteiger partial charge in [-0.1, -0.05) is 12.5 Å². The topological polar surface area (TPSA) is 41.5 Å². The molecule has 1 aromatic rings. The van der Waals surface area contributed by atoms with Crippen LogP contribution in [0.25, 0.3) is 0 Å². The molecule has 0 bridgehead atoms. The van der Waals surface area contributed by atoms with Crippen molar-refractivity contribution in [3.63, 3.8) is 0 Å². The highest BCUT2D eigenvalue weighted by Gasteiger charge is 2.08. The largest absolute Gasteiger partial charge is 0.491 e. The highest BCUT2D eigenvalue weighted by molar-refractivity contribution is 5.30. The fourth-order valence-corrected chi connectivity index (χ4v) is 1.82. The smallest absolute Gasteiger partial charge is 0.165 e. The Balaban J connectivity index is 2.38. The maximum atomic E-state index is 13.8. The Hall–Kier alpha value is -1.13. The maximum Gasteiger partial charge on any atom is 0.165 e. The van der Waals surface area contributed by atoms with Gasteiger partial charge < -0.3 is 15.2 Å². The van der Waals surface area contributed by atoms with Crippen LogP contribution in [0.4, 0.5) is 4.39 Å². The Morgan fingerprint density at radius 1 is 1.26 bits per heavy atom. The third-order valence-electron chi connectivity index (χ3n) is 3.20. The monoisotopic (exact) mass is 269 g/mol. The number of halogens is 1. The van der Waals surface area contributed by atoms with Gasteiger partial charge in [0.05, 0.1) is 6.61 Å². The van der Waals surface area contributed by atoms with Crippen molar-refractivity contribution in [2.75, 3.05) is 20.3 Å². The summed E-state index contributed by atoms with van der Waals surface area (Å²) in [5.41, 5.74) is 0.912. The highest BCUT2D eigenvalue weighted by Crippen LogP contribution is 2.22. The molecule has 4 heteroatoms. The predicted molar refractivity (Wildman–Crippen MR) is 74.9 cm³/mol. The van der Waals surface area contributed by atoms with Crippen LogP contribution in [0.1, 0.15) is 44.2 Å². The average Bonchev–Trinajstić information content (AvgIpc) is 2.43. The van der Waals surface area contributed by atoms with Crippen LogP contribution in [-0.4, -0.2) is 25.4 Å². The molecule has 0 amide bonds. The second-order valence-electron chi connectivity index (χ2n) is 4.69. The Kier molecular flexibility index (Phi) is 7.45. The molecular weight excluding hydrogens is 245 g/mol. The van der Waals surface area contributed by atoms with Gasteiger partial charge in [-0.05, 0) is 50.9 Å². The summed E-state index contributed by atoms with van der Waals surface area (Å²) in [6.07, 6.45) is 3.69. The normalized spacial score (nSPS) is 12.4. The van der Waals surface area contributed by atoms with Crippen LogP contribution >= 0.6 is 0 Å². The first-order valence-electron chi connectivity index (χ1n) is 6.89. The molecule has 108 valence electrons. The summed E-state index contributed by atoms with van der Waals surface area (Å²) in [6.45, 7) is 2.74. The van der Waals surface area contributed by atoms with Crippen molar-refractivity contribution in [3.05, 3.63) is 29.6 Å². The third-order valence-corrected chi connectivity index (χ3v) is 3.20. The van der Waals surface area contributed by atoms with Crippen molar-refractivity contribution in [2.24, 2.45) is 0 Å². The summed E-state index contributed by atoms with van der Waals surface area (Å²) in [7, 11) is 1.85. The molecule has 1 unspecified atom stereocenters. The molecule has 2 N–H and O–H groups in total. The lowest BCUT2D eigenvalue weighted by atomic mass is 10.1. The second kappa shape index (κ2) is 8.88. The van der Waals surface area contributed by atoms with E-state index in [2.05, 4.69) is 5.32 Å². The van der Waals surface area contributed by atoms with Gasteiger partial charge in [0.25, 0.3) is 0 Å². The van der Waals surface area contributed by atoms with E-state index in [-0.39, 0.29) is 18.5 Å². The molecule has 3 nitrogen and oxygen atoms in total. The summed E-state index contributed by atoms with van der Waals surface area (Å²) in [4.78, 5) is 0. The number of aliphatic hydroxyl groups excluding tert-OH is 1. The van der Waals surface area contributed by atoms with Gasteiger partial charge in [0.2, 0.25) is 0 Å². The minimum Gasteiger partial charge on any atom is -0.491 e. The zero-order valence-electron chi connectivity index (χ0n) is 11.8. The number of hydrogen-bond acceptors (Lipinski definition) is 3. The van der Waals surface area contributed by atoms with Gasteiger partial charge in [-0.2, -0.15) is 0 Å². The first kappa shape index (κ1) is 15.9. The lowest BCUT2D eigenvalue weighted by Crippen LogP contribution is -2.12. The summed E-state index contributed by atoms with van der Waals surface area (Å²) >= 11 is 0. The van der Waals surface area contributed by atoms with Gasteiger partial charge >= 0.3 is 0 Å². The predicted octanol–water partition coefficient (Wildman–Crippen LogP) is 3.04. The molecule has 0 radical (unpaired) electrons. The van der Waals surface area contributed by atoms with E-state index in [1.165, 1.54) is 6.07 Å². The molecule has 1 aromatic carbocycles. The van der Waals surface area contributed by atoms with Gasteiger partial charge in [-0.25, -0.2) is 4.39 Å². The van der Waals surface area contributed by atoms with Crippen molar-refractivity contribution >= 4 is 0 Å². The molecule has 0 saturated heterocycles. The number of unbranched alkanes of at least 4 members (excludes halogenated alkanes) is 3. The van der Waals surface area contributed by atoms with Crippen LogP contribution in [0.3, 0.4) is 0 Å². The van der Waals surface area contributed by atoms with Gasteiger partial charge in [0.1, 0.15) is 0 Å². The van der Waals surface area contributed by atoms with Crippen molar-refractivity contribution in [1.82, 2.24) is 5.32 Å². The van der Waals surface area contributed by atoms with E-state index in [1.807, 2.05) is 20.0 Å². The minimum absolute atomic E-state index is 0.127. The Morgan fingerprint density at radius 2 is 2.00 bits per heavy atom. The van der Waals surface area contributed by atoms with Crippen LogP contribution in [0.2, 0.25) is 0 Å². The summed E-state index contributed by atoms with van der Waals surface area (Å²) in [6, 6.07) is 5.21. The van der Waals surface area contributed by atoms with Gasteiger partial charge in [-0.3, -0.25) is 0 Å². The van der Waals surface area contributed by atoms with Crippen LogP contribution in [0.5, 0.6) is 5.75 Å². The lowest BCUT2D eigenvalue weighted by molar-refractivity contribution is 0.269. The second-order valence-corrected chi connectivity index (χ2v) is 4.69. The summed E-state index contributed by atoms with van der Waals surface area (Å²) in [5, 5.41) is 11.7. The highest BCUT2D eigenvalue weighted by atomic mass is 19.1. The molecule has 1 rings (SSSR count). The molecule has 0 spiro atoms. The van der Waals surface area contributed by atoms with Crippen molar-refractivity contribution in [2.45, 2.75) is 38.6 Å². The van der Waals surface area contributed by atoms with Crippen LogP contribution in [-0.2, 0) is 0 Å². The average molecular weight is 269 g/mol. The molecule has 0 saturated carbocycles. The molecular formula is C15H24FNO2. The van der Waals surface area contributed by atoms with E-state index >= 15 is 0 Å². The zero-order valence-corrected chi connectivity index (χ0v) is 11.8. The lowest BCUT2D eigenvalue weighted by Gasteiger charge is -2.13. The van der Waals surface area contributed by atoms with Crippen molar-refractivity contribution < 1.29 is 14.2 Å². The molecule has 0 heterocycles. The number of ether oxygens (including phenoxy) is 1.